The summed E-state index contributed by atoms with van der Waals surface area (Å²) in [5.41, 5.74) is 6.99. The van der Waals surface area contributed by atoms with E-state index in [1.54, 1.807) is 12.1 Å². The van der Waals surface area contributed by atoms with Gasteiger partial charge in [0.25, 0.3) is 0 Å². The molecule has 0 saturated heterocycles. The number of nitrogens with zero attached hydrogens (tertiary/aromatic N) is 3. The number of nitrogen functional groups attached to an aromatic ring is 1. The lowest BCUT2D eigenvalue weighted by Crippen LogP contribution is -2.01. The van der Waals surface area contributed by atoms with Gasteiger partial charge in [0, 0.05) is 35.7 Å². The van der Waals surface area contributed by atoms with Gasteiger partial charge in [0.15, 0.2) is 11.5 Å². The molecule has 3 heterocycles. The number of fused-ring (bicyclic) bond motifs is 1. The number of aromatic nitrogens is 2. The molecule has 0 aliphatic heterocycles. The van der Waals surface area contributed by atoms with Crippen molar-refractivity contribution in [1.82, 2.24) is 9.97 Å². The molecule has 232 valence electrons. The van der Waals surface area contributed by atoms with Crippen LogP contribution in [0.5, 0.6) is 0 Å². The molecule has 45 heavy (non-hydrogen) atoms. The second-order valence-corrected chi connectivity index (χ2v) is 9.89. The van der Waals surface area contributed by atoms with Crippen molar-refractivity contribution in [2.45, 2.75) is 0 Å². The first-order valence-corrected chi connectivity index (χ1v) is 13.8. The lowest BCUT2D eigenvalue weighted by molar-refractivity contribution is -0.137. The minimum absolute atomic E-state index is 0.0268. The summed E-state index contributed by atoms with van der Waals surface area (Å²) < 4.78 is 76.0. The van der Waals surface area contributed by atoms with E-state index < -0.39 is 40.7 Å². The highest BCUT2D eigenvalue weighted by Gasteiger charge is 2.20. The maximum absolute atomic E-state index is 13.7. The molecule has 0 bridgehead atoms. The molecule has 0 radical (unpaired) electrons. The molecule has 5 aromatic rings. The summed E-state index contributed by atoms with van der Waals surface area (Å²) in [7, 11) is 2.58. The van der Waals surface area contributed by atoms with Crippen LogP contribution in [0.4, 0.5) is 27.6 Å². The summed E-state index contributed by atoms with van der Waals surface area (Å²) in [4.78, 5) is 29.5. The Balaban J connectivity index is 0.000000213. The fraction of sp³-hybridized carbons (Fsp3) is 0.100. The molecule has 2 N–H and O–H groups in total. The van der Waals surface area contributed by atoms with E-state index in [0.29, 0.717) is 27.4 Å². The van der Waals surface area contributed by atoms with Crippen LogP contribution in [-0.4, -0.2) is 41.9 Å². The third-order valence-electron chi connectivity index (χ3n) is 5.68. The molecule has 3 aromatic heterocycles. The molecule has 5 rings (SSSR count). The molecule has 0 aliphatic carbocycles. The number of ether oxygens (including phenoxy) is 2. The van der Waals surface area contributed by atoms with Crippen LogP contribution in [0.3, 0.4) is 0 Å². The number of carbonyl (C=O) groups excluding carboxylic acids is 2. The van der Waals surface area contributed by atoms with Crippen LogP contribution in [0.2, 0.25) is 0 Å². The highest BCUT2D eigenvalue weighted by molar-refractivity contribution is 7.81. The molecule has 0 atom stereocenters. The SMILES string of the molecule is COC(=O)CS.COC(=O)c1sc2c(-c3cc(F)cc(F)c3)ccnc2c1N.N#Cc1nccc(-c2cc(F)cc(F)c2)c1F. The van der Waals surface area contributed by atoms with E-state index in [1.165, 1.54) is 44.8 Å². The number of halogens is 5. The summed E-state index contributed by atoms with van der Waals surface area (Å²) in [5.74, 6) is -4.58. The van der Waals surface area contributed by atoms with Gasteiger partial charge in [0.1, 0.15) is 39.7 Å². The molecule has 0 fully saturated rings. The Bertz CT molecular complexity index is 1870. The Labute approximate surface area is 262 Å². The molecule has 0 amide bonds. The van der Waals surface area contributed by atoms with Crippen LogP contribution in [0, 0.1) is 40.4 Å². The molecular formula is C30H21F5N4O4S2. The van der Waals surface area contributed by atoms with Gasteiger partial charge in [-0.25, -0.2) is 31.7 Å². The number of hydrogen-bond acceptors (Lipinski definition) is 10. The second-order valence-electron chi connectivity index (χ2n) is 8.56. The molecule has 0 spiro atoms. The van der Waals surface area contributed by atoms with Crippen LogP contribution >= 0.6 is 24.0 Å². The summed E-state index contributed by atoms with van der Waals surface area (Å²) in [5, 5.41) is 8.60. The Morgan fingerprint density at radius 1 is 0.867 bits per heavy atom. The van der Waals surface area contributed by atoms with Gasteiger partial charge >= 0.3 is 11.9 Å². The number of carbonyl (C=O) groups is 2. The predicted octanol–water partition coefficient (Wildman–Crippen LogP) is 6.74. The van der Waals surface area contributed by atoms with Gasteiger partial charge in [0.2, 0.25) is 0 Å². The number of anilines is 1. The number of hydrogen-bond donors (Lipinski definition) is 2. The highest BCUT2D eigenvalue weighted by atomic mass is 32.1. The van der Waals surface area contributed by atoms with E-state index in [4.69, 9.17) is 11.0 Å². The first kappa shape index (κ1) is 34.4. The monoisotopic (exact) mass is 660 g/mol. The minimum atomic E-state index is -0.889. The zero-order chi connectivity index (χ0) is 33.3. The largest absolute Gasteiger partial charge is 0.468 e. The summed E-state index contributed by atoms with van der Waals surface area (Å²) in [6.07, 6.45) is 2.68. The Morgan fingerprint density at radius 3 is 1.84 bits per heavy atom. The van der Waals surface area contributed by atoms with Gasteiger partial charge in [0.05, 0.1) is 30.4 Å². The number of methoxy groups -OCH3 is 2. The number of rotatable bonds is 4. The molecule has 0 aliphatic rings. The van der Waals surface area contributed by atoms with Gasteiger partial charge in [-0.05, 0) is 47.5 Å². The van der Waals surface area contributed by atoms with E-state index in [2.05, 4.69) is 32.1 Å². The van der Waals surface area contributed by atoms with Crippen molar-refractivity contribution in [2.75, 3.05) is 25.7 Å². The summed E-state index contributed by atoms with van der Waals surface area (Å²) in [6, 6.07) is 10.3. The third-order valence-corrected chi connectivity index (χ3v) is 7.14. The zero-order valence-corrected chi connectivity index (χ0v) is 25.0. The third kappa shape index (κ3) is 8.52. The van der Waals surface area contributed by atoms with Gasteiger partial charge in [-0.1, -0.05) is 0 Å². The molecule has 2 aromatic carbocycles. The van der Waals surface area contributed by atoms with E-state index >= 15 is 0 Å². The number of nitriles is 1. The Kier molecular flexibility index (Phi) is 11.9. The number of benzene rings is 2. The van der Waals surface area contributed by atoms with Crippen LogP contribution in [-0.2, 0) is 14.3 Å². The lowest BCUT2D eigenvalue weighted by Gasteiger charge is -2.04. The summed E-state index contributed by atoms with van der Waals surface area (Å²) in [6.45, 7) is 0. The standard InChI is InChI=1S/C15H10F2N2O2S.C12H5F3N2.C3H6O2S/c1-21-15(20)14-11(18)12-13(22-14)10(2-3-19-12)7-4-8(16)6-9(17)5-7;13-8-3-7(4-9(14)5-8)10-1-2-17-11(6-16)12(10)15;1-5-3(4)2-6/h2-6H,18H2,1H3;1-5H;6H,2H2,1H3. The van der Waals surface area contributed by atoms with Gasteiger partial charge in [-0.3, -0.25) is 9.78 Å². The lowest BCUT2D eigenvalue weighted by atomic mass is 10.1. The highest BCUT2D eigenvalue weighted by Crippen LogP contribution is 2.39. The van der Waals surface area contributed by atoms with Crippen LogP contribution < -0.4 is 5.73 Å². The van der Waals surface area contributed by atoms with E-state index in [1.807, 2.05) is 0 Å². The summed E-state index contributed by atoms with van der Waals surface area (Å²) >= 11 is 4.70. The molecule has 15 heteroatoms. The molecular weight excluding hydrogens is 639 g/mol. The number of pyridine rings is 2. The first-order chi connectivity index (χ1) is 21.4. The van der Waals surface area contributed by atoms with Crippen LogP contribution in [0.1, 0.15) is 15.4 Å². The smallest absolute Gasteiger partial charge is 0.350 e. The molecule has 0 saturated carbocycles. The maximum atomic E-state index is 13.7. The number of thiol groups is 1. The number of thiophene rings is 1. The first-order valence-electron chi connectivity index (χ1n) is 12.3. The number of esters is 2. The van der Waals surface area contributed by atoms with Crippen molar-refractivity contribution in [3.63, 3.8) is 0 Å². The van der Waals surface area contributed by atoms with Crippen molar-refractivity contribution >= 4 is 51.8 Å². The average molecular weight is 661 g/mol. The van der Waals surface area contributed by atoms with Crippen molar-refractivity contribution in [3.05, 3.63) is 101 Å². The predicted molar refractivity (Wildman–Crippen MR) is 161 cm³/mol. The van der Waals surface area contributed by atoms with E-state index in [-0.39, 0.29) is 33.4 Å². The van der Waals surface area contributed by atoms with Crippen LogP contribution in [0.15, 0.2) is 60.9 Å². The van der Waals surface area contributed by atoms with Gasteiger partial charge in [-0.2, -0.15) is 17.9 Å². The van der Waals surface area contributed by atoms with Crippen molar-refractivity contribution in [1.29, 1.82) is 5.26 Å². The minimum Gasteiger partial charge on any atom is -0.468 e. The quantitative estimate of drug-likeness (QED) is 0.123. The van der Waals surface area contributed by atoms with Crippen molar-refractivity contribution in [3.8, 4) is 28.3 Å². The molecule has 0 unspecified atom stereocenters. The van der Waals surface area contributed by atoms with E-state index in [0.717, 1.165) is 29.5 Å². The average Bonchev–Trinajstić information content (AvgIpc) is 3.36. The Hall–Kier alpha value is -5.07. The fourth-order valence-corrected chi connectivity index (χ4v) is 4.97. The van der Waals surface area contributed by atoms with Gasteiger partial charge < -0.3 is 15.2 Å². The topological polar surface area (TPSA) is 128 Å². The van der Waals surface area contributed by atoms with Crippen molar-refractivity contribution < 1.29 is 41.0 Å². The van der Waals surface area contributed by atoms with Crippen LogP contribution in [0.25, 0.3) is 32.5 Å². The molecule has 8 nitrogen and oxygen atoms in total. The fourth-order valence-electron chi connectivity index (χ4n) is 3.71. The van der Waals surface area contributed by atoms with Crippen molar-refractivity contribution in [2.24, 2.45) is 0 Å². The van der Waals surface area contributed by atoms with E-state index in [9.17, 15) is 31.5 Å². The zero-order valence-electron chi connectivity index (χ0n) is 23.3. The normalized spacial score (nSPS) is 10.1. The van der Waals surface area contributed by atoms with Gasteiger partial charge in [-0.15, -0.1) is 11.3 Å². The number of nitrogens with two attached hydrogens (primary N) is 1. The maximum Gasteiger partial charge on any atom is 0.350 e. The Morgan fingerprint density at radius 2 is 1.38 bits per heavy atom. The second kappa shape index (κ2) is 15.6.